The summed E-state index contributed by atoms with van der Waals surface area (Å²) >= 11 is 0. The van der Waals surface area contributed by atoms with Crippen molar-refractivity contribution in [2.75, 3.05) is 13.1 Å². The number of aromatic hydroxyl groups is 6. The van der Waals surface area contributed by atoms with Crippen LogP contribution >= 0.6 is 0 Å². The van der Waals surface area contributed by atoms with E-state index >= 15 is 0 Å². The van der Waals surface area contributed by atoms with E-state index in [1.807, 2.05) is 0 Å². The Kier molecular flexibility index (Phi) is 9.41. The second-order valence-corrected chi connectivity index (χ2v) is 8.65. The van der Waals surface area contributed by atoms with Crippen molar-refractivity contribution in [3.05, 3.63) is 71.3 Å². The van der Waals surface area contributed by atoms with Gasteiger partial charge in [-0.15, -0.1) is 0 Å². The molecule has 12 heteroatoms. The zero-order chi connectivity index (χ0) is 28.5. The fraction of sp³-hybridized carbons (Fsp3) is 0.222. The molecule has 1 atom stereocenters. The summed E-state index contributed by atoms with van der Waals surface area (Å²) in [6.45, 7) is 0.133. The summed E-state index contributed by atoms with van der Waals surface area (Å²) in [5.41, 5.74) is -0.414. The van der Waals surface area contributed by atoms with Crippen LogP contribution in [0.15, 0.2) is 54.6 Å². The Morgan fingerprint density at radius 3 is 1.51 bits per heavy atom. The number of amides is 3. The Balaban J connectivity index is 1.61. The highest BCUT2D eigenvalue weighted by atomic mass is 16.3. The van der Waals surface area contributed by atoms with E-state index in [1.54, 1.807) is 0 Å². The molecule has 0 fully saturated rings. The van der Waals surface area contributed by atoms with Crippen molar-refractivity contribution < 1.29 is 45.0 Å². The van der Waals surface area contributed by atoms with Gasteiger partial charge in [-0.05, 0) is 55.7 Å². The van der Waals surface area contributed by atoms with Crippen molar-refractivity contribution in [3.63, 3.8) is 0 Å². The average molecular weight is 540 g/mol. The molecule has 0 spiro atoms. The number of carbonyl (C=O) groups excluding carboxylic acids is 3. The molecule has 0 aromatic heterocycles. The van der Waals surface area contributed by atoms with Crippen molar-refractivity contribution in [1.29, 1.82) is 0 Å². The summed E-state index contributed by atoms with van der Waals surface area (Å²) in [4.78, 5) is 37.6. The maximum atomic E-state index is 12.8. The highest BCUT2D eigenvalue weighted by Crippen LogP contribution is 2.30. The van der Waals surface area contributed by atoms with Crippen LogP contribution in [0.3, 0.4) is 0 Å². The first-order chi connectivity index (χ1) is 18.6. The van der Waals surface area contributed by atoms with Crippen molar-refractivity contribution in [2.45, 2.75) is 25.3 Å². The Morgan fingerprint density at radius 2 is 1.03 bits per heavy atom. The molecule has 0 aliphatic carbocycles. The van der Waals surface area contributed by atoms with Crippen LogP contribution in [0.25, 0.3) is 0 Å². The number of hydrogen-bond donors (Lipinski definition) is 9. The van der Waals surface area contributed by atoms with Gasteiger partial charge in [-0.1, -0.05) is 18.2 Å². The number of rotatable bonds is 11. The summed E-state index contributed by atoms with van der Waals surface area (Å²) in [6, 6.07) is 11.2. The van der Waals surface area contributed by atoms with Gasteiger partial charge in [-0.25, -0.2) is 0 Å². The second-order valence-electron chi connectivity index (χ2n) is 8.65. The van der Waals surface area contributed by atoms with Gasteiger partial charge in [0.2, 0.25) is 0 Å². The van der Waals surface area contributed by atoms with Crippen LogP contribution in [0.5, 0.6) is 34.5 Å². The first kappa shape index (κ1) is 28.4. The van der Waals surface area contributed by atoms with Gasteiger partial charge in [0.05, 0.1) is 16.7 Å². The predicted octanol–water partition coefficient (Wildman–Crippen LogP) is 2.05. The first-order valence-electron chi connectivity index (χ1n) is 12.0. The summed E-state index contributed by atoms with van der Waals surface area (Å²) in [7, 11) is 0. The maximum absolute atomic E-state index is 12.8. The molecule has 39 heavy (non-hydrogen) atoms. The number of phenolic OH excluding ortho intramolecular Hbond substituents is 6. The molecule has 3 aromatic rings. The molecule has 3 aromatic carbocycles. The molecule has 3 rings (SSSR count). The van der Waals surface area contributed by atoms with Crippen molar-refractivity contribution in [1.82, 2.24) is 16.0 Å². The maximum Gasteiger partial charge on any atom is 0.255 e. The highest BCUT2D eigenvalue weighted by Gasteiger charge is 2.20. The van der Waals surface area contributed by atoms with E-state index in [2.05, 4.69) is 16.0 Å². The lowest BCUT2D eigenvalue weighted by Gasteiger charge is -2.20. The van der Waals surface area contributed by atoms with Gasteiger partial charge in [-0.2, -0.15) is 0 Å². The summed E-state index contributed by atoms with van der Waals surface area (Å²) in [6.07, 6.45) is 1.25. The molecule has 0 saturated heterocycles. The predicted molar refractivity (Wildman–Crippen MR) is 139 cm³/mol. The first-order valence-corrected chi connectivity index (χ1v) is 12.0. The summed E-state index contributed by atoms with van der Waals surface area (Å²) in [5.74, 6) is -5.04. The van der Waals surface area contributed by atoms with Crippen LogP contribution in [0.4, 0.5) is 0 Å². The fourth-order valence-corrected chi connectivity index (χ4v) is 3.76. The molecule has 0 bridgehead atoms. The Hall–Kier alpha value is -5.13. The van der Waals surface area contributed by atoms with E-state index in [9.17, 15) is 45.0 Å². The minimum Gasteiger partial charge on any atom is -0.504 e. The highest BCUT2D eigenvalue weighted by molar-refractivity contribution is 5.99. The third-order valence-electron chi connectivity index (χ3n) is 5.89. The third-order valence-corrected chi connectivity index (χ3v) is 5.89. The number of para-hydroxylation sites is 3. The lowest BCUT2D eigenvalue weighted by Crippen LogP contribution is -2.43. The van der Waals surface area contributed by atoms with Crippen LogP contribution in [-0.2, 0) is 0 Å². The minimum atomic E-state index is -0.699. The van der Waals surface area contributed by atoms with Gasteiger partial charge >= 0.3 is 0 Å². The average Bonchev–Trinajstić information content (AvgIpc) is 2.91. The standard InChI is InChI=1S/C27H29N3O9/c31-19-10-3-7-16(22(19)34)25(37)28-13-2-1-6-15(30-27(39)18-9-5-12-21(33)24(18)36)14-29-26(38)17-8-4-11-20(32)23(17)35/h3-5,7-12,15,31-36H,1-2,6,13-14H2,(H,28,37)(H,29,38)(H,30,39)/t15-/m1/s1. The van der Waals surface area contributed by atoms with Crippen molar-refractivity contribution >= 4 is 17.7 Å². The monoisotopic (exact) mass is 539 g/mol. The Bertz CT molecular complexity index is 1360. The molecule has 0 aliphatic heterocycles. The molecule has 0 saturated carbocycles. The number of benzene rings is 3. The molecular formula is C27H29N3O9. The second kappa shape index (κ2) is 12.9. The van der Waals surface area contributed by atoms with Crippen molar-refractivity contribution in [2.24, 2.45) is 0 Å². The number of nitrogens with one attached hydrogen (secondary N) is 3. The number of carbonyl (C=O) groups is 3. The molecule has 12 nitrogen and oxygen atoms in total. The quantitative estimate of drug-likeness (QED) is 0.129. The van der Waals surface area contributed by atoms with E-state index in [-0.39, 0.29) is 29.8 Å². The van der Waals surface area contributed by atoms with Gasteiger partial charge in [0.1, 0.15) is 0 Å². The molecule has 0 radical (unpaired) electrons. The molecule has 0 aliphatic rings. The van der Waals surface area contributed by atoms with E-state index in [1.165, 1.54) is 54.6 Å². The molecule has 3 amide bonds. The zero-order valence-corrected chi connectivity index (χ0v) is 20.7. The van der Waals surface area contributed by atoms with Gasteiger partial charge < -0.3 is 46.6 Å². The Morgan fingerprint density at radius 1 is 0.590 bits per heavy atom. The lowest BCUT2D eigenvalue weighted by atomic mass is 10.1. The molecular weight excluding hydrogens is 510 g/mol. The molecule has 0 heterocycles. The van der Waals surface area contributed by atoms with Crippen LogP contribution in [0, 0.1) is 0 Å². The summed E-state index contributed by atoms with van der Waals surface area (Å²) in [5, 5.41) is 66.6. The van der Waals surface area contributed by atoms with Gasteiger partial charge in [0.25, 0.3) is 17.7 Å². The van der Waals surface area contributed by atoms with Crippen LogP contribution in [0.2, 0.25) is 0 Å². The lowest BCUT2D eigenvalue weighted by molar-refractivity contribution is 0.0902. The van der Waals surface area contributed by atoms with Crippen LogP contribution in [-0.4, -0.2) is 67.5 Å². The topological polar surface area (TPSA) is 209 Å². The van der Waals surface area contributed by atoms with Crippen LogP contribution in [0.1, 0.15) is 50.3 Å². The molecule has 0 unspecified atom stereocenters. The largest absolute Gasteiger partial charge is 0.504 e. The summed E-state index contributed by atoms with van der Waals surface area (Å²) < 4.78 is 0. The Labute approximate surface area is 223 Å². The van der Waals surface area contributed by atoms with E-state index in [0.29, 0.717) is 19.3 Å². The number of unbranched alkanes of at least 4 members (excludes halogenated alkanes) is 1. The normalized spacial score (nSPS) is 11.4. The van der Waals surface area contributed by atoms with Gasteiger partial charge in [0.15, 0.2) is 34.5 Å². The van der Waals surface area contributed by atoms with Gasteiger partial charge in [0, 0.05) is 19.1 Å². The van der Waals surface area contributed by atoms with Gasteiger partial charge in [-0.3, -0.25) is 14.4 Å². The molecule has 9 N–H and O–H groups in total. The SMILES string of the molecule is O=C(NCCCC[C@H](CNC(=O)c1cccc(O)c1O)NC(=O)c1cccc(O)c1O)c1cccc(O)c1O. The molecule has 206 valence electrons. The third kappa shape index (κ3) is 7.22. The van der Waals surface area contributed by atoms with E-state index in [0.717, 1.165) is 0 Å². The fourth-order valence-electron chi connectivity index (χ4n) is 3.76. The van der Waals surface area contributed by atoms with E-state index < -0.39 is 58.3 Å². The minimum absolute atomic E-state index is 0.0797. The smallest absolute Gasteiger partial charge is 0.255 e. The number of hydrogen-bond acceptors (Lipinski definition) is 9. The zero-order valence-electron chi connectivity index (χ0n) is 20.7. The van der Waals surface area contributed by atoms with Crippen molar-refractivity contribution in [3.8, 4) is 34.5 Å². The number of phenols is 6. The van der Waals surface area contributed by atoms with Crippen LogP contribution < -0.4 is 16.0 Å². The van der Waals surface area contributed by atoms with E-state index in [4.69, 9.17) is 0 Å².